The molecule has 136 valence electrons. The molecule has 1 N–H and O–H groups in total. The molecule has 25 heavy (non-hydrogen) atoms. The highest BCUT2D eigenvalue weighted by Gasteiger charge is 2.21. The van der Waals surface area contributed by atoms with Crippen molar-refractivity contribution in [3.05, 3.63) is 33.9 Å². The summed E-state index contributed by atoms with van der Waals surface area (Å²) in [5.41, 5.74) is 0.280. The SMILES string of the molecule is CN(C)c1ccc([N+](=O)[O-])cc1C(=O)OCC(=O)NC[C@H]1CCCO1. The fourth-order valence-corrected chi connectivity index (χ4v) is 2.48. The number of esters is 1. The highest BCUT2D eigenvalue weighted by molar-refractivity contribution is 5.97. The molecule has 1 saturated heterocycles. The monoisotopic (exact) mass is 351 g/mol. The first kappa shape index (κ1) is 18.7. The topological polar surface area (TPSA) is 111 Å². The Morgan fingerprint density at radius 1 is 1.44 bits per heavy atom. The lowest BCUT2D eigenvalue weighted by molar-refractivity contribution is -0.384. The van der Waals surface area contributed by atoms with Crippen molar-refractivity contribution in [3.8, 4) is 0 Å². The molecule has 0 aromatic heterocycles. The number of hydrogen-bond acceptors (Lipinski definition) is 7. The zero-order chi connectivity index (χ0) is 18.4. The minimum absolute atomic E-state index is 0.00299. The highest BCUT2D eigenvalue weighted by atomic mass is 16.6. The molecule has 1 aliphatic heterocycles. The number of nitro groups is 1. The molecule has 1 aromatic carbocycles. The van der Waals surface area contributed by atoms with Crippen LogP contribution in [0.3, 0.4) is 0 Å². The first-order chi connectivity index (χ1) is 11.9. The molecule has 0 bridgehead atoms. The van der Waals surface area contributed by atoms with Crippen molar-refractivity contribution in [1.82, 2.24) is 5.32 Å². The summed E-state index contributed by atoms with van der Waals surface area (Å²) in [6.45, 7) is 0.604. The van der Waals surface area contributed by atoms with E-state index in [1.165, 1.54) is 12.1 Å². The maximum Gasteiger partial charge on any atom is 0.341 e. The fraction of sp³-hybridized carbons (Fsp3) is 0.500. The molecule has 9 nitrogen and oxygen atoms in total. The highest BCUT2D eigenvalue weighted by Crippen LogP contribution is 2.24. The lowest BCUT2D eigenvalue weighted by Crippen LogP contribution is -2.34. The van der Waals surface area contributed by atoms with Gasteiger partial charge in [-0.05, 0) is 18.9 Å². The van der Waals surface area contributed by atoms with Crippen molar-refractivity contribution in [2.24, 2.45) is 0 Å². The van der Waals surface area contributed by atoms with Gasteiger partial charge in [-0.1, -0.05) is 0 Å². The Morgan fingerprint density at radius 3 is 2.80 bits per heavy atom. The van der Waals surface area contributed by atoms with Crippen LogP contribution in [-0.4, -0.2) is 56.8 Å². The molecular weight excluding hydrogens is 330 g/mol. The van der Waals surface area contributed by atoms with E-state index in [9.17, 15) is 19.7 Å². The number of hydrogen-bond donors (Lipinski definition) is 1. The number of nitrogens with zero attached hydrogens (tertiary/aromatic N) is 2. The van der Waals surface area contributed by atoms with E-state index >= 15 is 0 Å². The smallest absolute Gasteiger partial charge is 0.341 e. The number of benzene rings is 1. The molecule has 1 heterocycles. The summed E-state index contributed by atoms with van der Waals surface area (Å²) >= 11 is 0. The van der Waals surface area contributed by atoms with Crippen LogP contribution >= 0.6 is 0 Å². The maximum atomic E-state index is 12.2. The van der Waals surface area contributed by atoms with Crippen LogP contribution in [-0.2, 0) is 14.3 Å². The van der Waals surface area contributed by atoms with Crippen LogP contribution in [0.15, 0.2) is 18.2 Å². The number of nitro benzene ring substituents is 1. The van der Waals surface area contributed by atoms with Gasteiger partial charge in [0, 0.05) is 39.4 Å². The van der Waals surface area contributed by atoms with E-state index in [-0.39, 0.29) is 17.4 Å². The van der Waals surface area contributed by atoms with Crippen molar-refractivity contribution in [2.75, 3.05) is 38.8 Å². The number of ether oxygens (including phenoxy) is 2. The van der Waals surface area contributed by atoms with E-state index in [4.69, 9.17) is 9.47 Å². The lowest BCUT2D eigenvalue weighted by atomic mass is 10.1. The van der Waals surface area contributed by atoms with Crippen molar-refractivity contribution >= 4 is 23.3 Å². The minimum Gasteiger partial charge on any atom is -0.452 e. The van der Waals surface area contributed by atoms with E-state index in [2.05, 4.69) is 5.32 Å². The minimum atomic E-state index is -0.792. The van der Waals surface area contributed by atoms with Gasteiger partial charge in [0.25, 0.3) is 11.6 Å². The number of carbonyl (C=O) groups excluding carboxylic acids is 2. The molecule has 1 fully saturated rings. The number of rotatable bonds is 7. The van der Waals surface area contributed by atoms with Crippen LogP contribution < -0.4 is 10.2 Å². The number of carbonyl (C=O) groups is 2. The van der Waals surface area contributed by atoms with Crippen LogP contribution in [0, 0.1) is 10.1 Å². The Balaban J connectivity index is 1.95. The largest absolute Gasteiger partial charge is 0.452 e. The molecule has 2 rings (SSSR count). The van der Waals surface area contributed by atoms with Crippen molar-refractivity contribution in [3.63, 3.8) is 0 Å². The van der Waals surface area contributed by atoms with Gasteiger partial charge in [-0.2, -0.15) is 0 Å². The van der Waals surface area contributed by atoms with E-state index in [0.717, 1.165) is 18.9 Å². The van der Waals surface area contributed by atoms with Gasteiger partial charge in [0.2, 0.25) is 0 Å². The number of non-ortho nitro benzene ring substituents is 1. The van der Waals surface area contributed by atoms with Crippen LogP contribution in [0.25, 0.3) is 0 Å². The van der Waals surface area contributed by atoms with Gasteiger partial charge in [-0.15, -0.1) is 0 Å². The predicted octanol–water partition coefficient (Wildman–Crippen LogP) is 1.11. The van der Waals surface area contributed by atoms with E-state index < -0.39 is 23.4 Å². The summed E-state index contributed by atoms with van der Waals surface area (Å²) in [6, 6.07) is 3.91. The zero-order valence-corrected chi connectivity index (χ0v) is 14.2. The van der Waals surface area contributed by atoms with Gasteiger partial charge in [0.05, 0.1) is 22.3 Å². The summed E-state index contributed by atoms with van der Waals surface area (Å²) in [6.07, 6.45) is 1.85. The van der Waals surface area contributed by atoms with Gasteiger partial charge in [0.15, 0.2) is 6.61 Å². The molecular formula is C16H21N3O6. The second-order valence-electron chi connectivity index (χ2n) is 5.87. The summed E-state index contributed by atoms with van der Waals surface area (Å²) in [7, 11) is 3.40. The summed E-state index contributed by atoms with van der Waals surface area (Å²) in [5, 5.41) is 13.5. The normalized spacial score (nSPS) is 16.3. The van der Waals surface area contributed by atoms with Crippen molar-refractivity contribution in [1.29, 1.82) is 0 Å². The Bertz CT molecular complexity index is 655. The first-order valence-electron chi connectivity index (χ1n) is 7.89. The molecule has 1 aliphatic rings. The third kappa shape index (κ3) is 5.15. The van der Waals surface area contributed by atoms with Crippen molar-refractivity contribution < 1.29 is 24.0 Å². The first-order valence-corrected chi connectivity index (χ1v) is 7.89. The molecule has 9 heteroatoms. The molecule has 0 spiro atoms. The van der Waals surface area contributed by atoms with Crippen LogP contribution in [0.1, 0.15) is 23.2 Å². The quantitative estimate of drug-likeness (QED) is 0.445. The van der Waals surface area contributed by atoms with Gasteiger partial charge in [-0.25, -0.2) is 4.79 Å². The average Bonchev–Trinajstić information content (AvgIpc) is 3.10. The zero-order valence-electron chi connectivity index (χ0n) is 14.2. The van der Waals surface area contributed by atoms with Gasteiger partial charge in [-0.3, -0.25) is 14.9 Å². The molecule has 1 aromatic rings. The predicted molar refractivity (Wildman–Crippen MR) is 89.7 cm³/mol. The molecule has 1 amide bonds. The Labute approximate surface area is 145 Å². The van der Waals surface area contributed by atoms with Gasteiger partial charge in [0.1, 0.15) is 0 Å². The summed E-state index contributed by atoms with van der Waals surface area (Å²) in [5.74, 6) is -1.24. The number of nitrogens with one attached hydrogen (secondary N) is 1. The van der Waals surface area contributed by atoms with E-state index in [1.54, 1.807) is 19.0 Å². The number of amides is 1. The number of anilines is 1. The molecule has 1 atom stereocenters. The maximum absolute atomic E-state index is 12.2. The Kier molecular flexibility index (Phi) is 6.29. The second-order valence-corrected chi connectivity index (χ2v) is 5.87. The summed E-state index contributed by atoms with van der Waals surface area (Å²) < 4.78 is 10.4. The fourth-order valence-electron chi connectivity index (χ4n) is 2.48. The Morgan fingerprint density at radius 2 is 2.20 bits per heavy atom. The molecule has 0 saturated carbocycles. The Hall–Kier alpha value is -2.68. The summed E-state index contributed by atoms with van der Waals surface area (Å²) in [4.78, 5) is 35.9. The van der Waals surface area contributed by atoms with Crippen LogP contribution in [0.4, 0.5) is 11.4 Å². The molecule has 0 radical (unpaired) electrons. The lowest BCUT2D eigenvalue weighted by Gasteiger charge is -2.16. The van der Waals surface area contributed by atoms with Gasteiger partial charge >= 0.3 is 5.97 Å². The second kappa shape index (κ2) is 8.43. The van der Waals surface area contributed by atoms with E-state index in [1.807, 2.05) is 0 Å². The van der Waals surface area contributed by atoms with Crippen LogP contribution in [0.5, 0.6) is 0 Å². The van der Waals surface area contributed by atoms with E-state index in [0.29, 0.717) is 18.8 Å². The van der Waals surface area contributed by atoms with Gasteiger partial charge < -0.3 is 19.7 Å². The third-order valence-electron chi connectivity index (χ3n) is 3.78. The standard InChI is InChI=1S/C16H21N3O6/c1-18(2)14-6-5-11(19(22)23)8-13(14)16(21)25-10-15(20)17-9-12-4-3-7-24-12/h5-6,8,12H,3-4,7,9-10H2,1-2H3,(H,17,20)/t12-/m1/s1. The molecule has 0 unspecified atom stereocenters. The molecule has 0 aliphatic carbocycles. The third-order valence-corrected chi connectivity index (χ3v) is 3.78. The van der Waals surface area contributed by atoms with Crippen LogP contribution in [0.2, 0.25) is 0 Å². The average molecular weight is 351 g/mol. The van der Waals surface area contributed by atoms with Crippen molar-refractivity contribution in [2.45, 2.75) is 18.9 Å².